The Kier molecular flexibility index (Phi) is 3.53. The number of rotatable bonds is 3. The molecule has 0 aromatic carbocycles. The lowest BCUT2D eigenvalue weighted by molar-refractivity contribution is 0.0949. The van der Waals surface area contributed by atoms with Gasteiger partial charge in [0.2, 0.25) is 0 Å². The van der Waals surface area contributed by atoms with Gasteiger partial charge >= 0.3 is 0 Å². The lowest BCUT2D eigenvalue weighted by Gasteiger charge is -2.11. The van der Waals surface area contributed by atoms with Crippen molar-refractivity contribution in [3.63, 3.8) is 0 Å². The molecule has 1 unspecified atom stereocenters. The third-order valence-corrected chi connectivity index (χ3v) is 2.07. The van der Waals surface area contributed by atoms with Gasteiger partial charge in [0.05, 0.1) is 11.0 Å². The quantitative estimate of drug-likeness (QED) is 0.711. The van der Waals surface area contributed by atoms with E-state index in [4.69, 9.17) is 18.0 Å². The molecule has 14 heavy (non-hydrogen) atoms. The summed E-state index contributed by atoms with van der Waals surface area (Å²) in [5, 5.41) is 2.66. The first-order valence-corrected chi connectivity index (χ1v) is 4.52. The number of hydrogen-bond acceptors (Lipinski definition) is 3. The Hall–Kier alpha value is -1.49. The highest BCUT2D eigenvalue weighted by molar-refractivity contribution is 7.80. The number of amides is 1. The fraction of sp³-hybridized carbons (Fsp3) is 0.222. The third-order valence-electron chi connectivity index (χ3n) is 1.72. The normalized spacial score (nSPS) is 11.8. The minimum absolute atomic E-state index is 0.201. The molecule has 0 radical (unpaired) electrons. The average molecular weight is 209 g/mol. The summed E-state index contributed by atoms with van der Waals surface area (Å²) in [5.41, 5.74) is 5.91. The number of nitrogens with one attached hydrogen (secondary N) is 1. The van der Waals surface area contributed by atoms with Gasteiger partial charge in [-0.2, -0.15) is 0 Å². The Balaban J connectivity index is 2.64. The first-order valence-electron chi connectivity index (χ1n) is 4.11. The van der Waals surface area contributed by atoms with Crippen LogP contribution in [0.3, 0.4) is 0 Å². The molecular formula is C9H11N3OS. The lowest BCUT2D eigenvalue weighted by Crippen LogP contribution is -2.41. The molecule has 0 saturated heterocycles. The predicted octanol–water partition coefficient (Wildman–Crippen LogP) is 0.486. The zero-order chi connectivity index (χ0) is 10.6. The van der Waals surface area contributed by atoms with Crippen molar-refractivity contribution >= 4 is 23.1 Å². The van der Waals surface area contributed by atoms with E-state index < -0.39 is 0 Å². The zero-order valence-electron chi connectivity index (χ0n) is 7.73. The zero-order valence-corrected chi connectivity index (χ0v) is 8.54. The second-order valence-corrected chi connectivity index (χ2v) is 3.30. The topological polar surface area (TPSA) is 68.0 Å². The van der Waals surface area contributed by atoms with Crippen molar-refractivity contribution in [2.75, 3.05) is 0 Å². The number of nitrogens with zero attached hydrogens (tertiary/aromatic N) is 1. The Labute approximate surface area is 87.5 Å². The van der Waals surface area contributed by atoms with E-state index in [0.29, 0.717) is 5.56 Å². The maximum Gasteiger partial charge on any atom is 0.251 e. The first-order chi connectivity index (χ1) is 6.61. The van der Waals surface area contributed by atoms with E-state index >= 15 is 0 Å². The summed E-state index contributed by atoms with van der Waals surface area (Å²) in [7, 11) is 0. The molecule has 1 heterocycles. The molecule has 0 bridgehead atoms. The summed E-state index contributed by atoms with van der Waals surface area (Å²) >= 11 is 4.74. The predicted molar refractivity (Wildman–Crippen MR) is 58.0 cm³/mol. The number of hydrogen-bond donors (Lipinski definition) is 2. The molecule has 1 aromatic rings. The van der Waals surface area contributed by atoms with Crippen LogP contribution in [0.5, 0.6) is 0 Å². The highest BCUT2D eigenvalue weighted by Gasteiger charge is 2.10. The molecule has 0 aliphatic heterocycles. The van der Waals surface area contributed by atoms with Gasteiger partial charge in [-0.1, -0.05) is 12.2 Å². The van der Waals surface area contributed by atoms with Gasteiger partial charge in [-0.25, -0.2) is 0 Å². The first kappa shape index (κ1) is 10.6. The van der Waals surface area contributed by atoms with Crippen LogP contribution >= 0.6 is 12.2 Å². The second-order valence-electron chi connectivity index (χ2n) is 2.83. The summed E-state index contributed by atoms with van der Waals surface area (Å²) in [6.07, 6.45) is 3.11. The number of carbonyl (C=O) groups excluding carboxylic acids is 1. The number of thiocarbonyl (C=S) groups is 1. The molecule has 0 aliphatic rings. The van der Waals surface area contributed by atoms with Crippen molar-refractivity contribution in [2.24, 2.45) is 5.73 Å². The highest BCUT2D eigenvalue weighted by Crippen LogP contribution is 1.96. The molecule has 1 aromatic heterocycles. The van der Waals surface area contributed by atoms with Crippen molar-refractivity contribution in [3.05, 3.63) is 30.1 Å². The SMILES string of the molecule is CC(NC(=O)c1ccncc1)C(N)=S. The van der Waals surface area contributed by atoms with Crippen LogP contribution in [0.25, 0.3) is 0 Å². The van der Waals surface area contributed by atoms with Gasteiger partial charge in [0, 0.05) is 18.0 Å². The number of aromatic nitrogens is 1. The number of nitrogens with two attached hydrogens (primary N) is 1. The third kappa shape index (κ3) is 2.77. The molecule has 0 saturated carbocycles. The Morgan fingerprint density at radius 2 is 2.14 bits per heavy atom. The minimum Gasteiger partial charge on any atom is -0.392 e. The van der Waals surface area contributed by atoms with E-state index in [2.05, 4.69) is 10.3 Å². The molecular weight excluding hydrogens is 198 g/mol. The van der Waals surface area contributed by atoms with Crippen LogP contribution in [0, 0.1) is 0 Å². The molecule has 3 N–H and O–H groups in total. The Morgan fingerprint density at radius 3 is 2.64 bits per heavy atom. The van der Waals surface area contributed by atoms with Crippen molar-refractivity contribution < 1.29 is 4.79 Å². The van der Waals surface area contributed by atoms with Gasteiger partial charge in [-0.3, -0.25) is 9.78 Å². The summed E-state index contributed by atoms with van der Waals surface area (Å²) in [4.78, 5) is 15.6. The van der Waals surface area contributed by atoms with E-state index in [0.717, 1.165) is 0 Å². The summed E-state index contributed by atoms with van der Waals surface area (Å²) in [5.74, 6) is -0.201. The van der Waals surface area contributed by atoms with Crippen molar-refractivity contribution in [2.45, 2.75) is 13.0 Å². The molecule has 4 nitrogen and oxygen atoms in total. The summed E-state index contributed by atoms with van der Waals surface area (Å²) < 4.78 is 0. The molecule has 1 rings (SSSR count). The van der Waals surface area contributed by atoms with Crippen LogP contribution in [0.1, 0.15) is 17.3 Å². The second kappa shape index (κ2) is 4.66. The molecule has 0 fully saturated rings. The summed E-state index contributed by atoms with van der Waals surface area (Å²) in [6, 6.07) is 2.95. The van der Waals surface area contributed by atoms with E-state index in [9.17, 15) is 4.79 Å². The van der Waals surface area contributed by atoms with Gasteiger partial charge in [-0.05, 0) is 19.1 Å². The van der Waals surface area contributed by atoms with Gasteiger partial charge in [-0.15, -0.1) is 0 Å². The van der Waals surface area contributed by atoms with Crippen LogP contribution < -0.4 is 11.1 Å². The number of carbonyl (C=O) groups is 1. The van der Waals surface area contributed by atoms with Gasteiger partial charge in [0.15, 0.2) is 0 Å². The fourth-order valence-electron chi connectivity index (χ4n) is 0.854. The van der Waals surface area contributed by atoms with Crippen LogP contribution in [0.4, 0.5) is 0 Å². The maximum atomic E-state index is 11.5. The van der Waals surface area contributed by atoms with E-state index in [1.807, 2.05) is 0 Å². The van der Waals surface area contributed by atoms with Crippen molar-refractivity contribution in [3.8, 4) is 0 Å². The van der Waals surface area contributed by atoms with E-state index in [-0.39, 0.29) is 16.9 Å². The Morgan fingerprint density at radius 1 is 1.57 bits per heavy atom. The number of pyridine rings is 1. The highest BCUT2D eigenvalue weighted by atomic mass is 32.1. The van der Waals surface area contributed by atoms with Crippen molar-refractivity contribution in [1.82, 2.24) is 10.3 Å². The maximum absolute atomic E-state index is 11.5. The molecule has 0 aliphatic carbocycles. The molecule has 5 heteroatoms. The van der Waals surface area contributed by atoms with Gasteiger partial charge in [0.1, 0.15) is 0 Å². The Bertz CT molecular complexity index is 339. The van der Waals surface area contributed by atoms with Crippen LogP contribution in [0.2, 0.25) is 0 Å². The lowest BCUT2D eigenvalue weighted by atomic mass is 10.2. The van der Waals surface area contributed by atoms with E-state index in [1.54, 1.807) is 31.5 Å². The minimum atomic E-state index is -0.300. The molecule has 1 amide bonds. The molecule has 0 spiro atoms. The summed E-state index contributed by atoms with van der Waals surface area (Å²) in [6.45, 7) is 1.74. The average Bonchev–Trinajstić information content (AvgIpc) is 2.19. The van der Waals surface area contributed by atoms with Crippen LogP contribution in [-0.4, -0.2) is 21.9 Å². The standard InChI is InChI=1S/C9H11N3OS/c1-6(8(10)14)12-9(13)7-2-4-11-5-3-7/h2-6H,1H3,(H2,10,14)(H,12,13). The van der Waals surface area contributed by atoms with Gasteiger partial charge in [0.25, 0.3) is 5.91 Å². The molecule has 1 atom stereocenters. The van der Waals surface area contributed by atoms with Gasteiger partial charge < -0.3 is 11.1 Å². The monoisotopic (exact) mass is 209 g/mol. The van der Waals surface area contributed by atoms with E-state index in [1.165, 1.54) is 0 Å². The smallest absolute Gasteiger partial charge is 0.251 e. The largest absolute Gasteiger partial charge is 0.392 e. The fourth-order valence-corrected chi connectivity index (χ4v) is 0.913. The van der Waals surface area contributed by atoms with Crippen molar-refractivity contribution in [1.29, 1.82) is 0 Å². The van der Waals surface area contributed by atoms with Crippen LogP contribution in [-0.2, 0) is 0 Å². The molecule has 74 valence electrons. The van der Waals surface area contributed by atoms with Crippen LogP contribution in [0.15, 0.2) is 24.5 Å².